The minimum absolute atomic E-state index is 0.00653. The van der Waals surface area contributed by atoms with Gasteiger partial charge in [0.05, 0.1) is 11.2 Å². The number of hydrogen-bond acceptors (Lipinski definition) is 3. The van der Waals surface area contributed by atoms with E-state index in [1.165, 1.54) is 10.9 Å². The van der Waals surface area contributed by atoms with Gasteiger partial charge in [0, 0.05) is 13.5 Å². The molecule has 0 aliphatic rings. The summed E-state index contributed by atoms with van der Waals surface area (Å²) < 4.78 is 1.49. The number of aromatic nitrogens is 2. The van der Waals surface area contributed by atoms with Crippen LogP contribution in [0, 0.1) is 5.92 Å². The summed E-state index contributed by atoms with van der Waals surface area (Å²) in [6, 6.07) is 0. The quantitative estimate of drug-likeness (QED) is 0.769. The molecule has 0 aromatic carbocycles. The number of ketones is 1. The molecule has 0 spiro atoms. The van der Waals surface area contributed by atoms with Crippen molar-refractivity contribution in [2.24, 2.45) is 18.7 Å². The molecule has 1 aromatic heterocycles. The minimum Gasteiger partial charge on any atom is -0.330 e. The van der Waals surface area contributed by atoms with E-state index in [9.17, 15) is 4.79 Å². The van der Waals surface area contributed by atoms with Gasteiger partial charge in [0.2, 0.25) is 0 Å². The Morgan fingerprint density at radius 3 is 2.86 bits per heavy atom. The first-order valence-electron chi connectivity index (χ1n) is 4.47. The molecule has 1 heterocycles. The van der Waals surface area contributed by atoms with E-state index in [1.807, 2.05) is 6.92 Å². The van der Waals surface area contributed by atoms with Crippen LogP contribution in [0.5, 0.6) is 0 Å². The lowest BCUT2D eigenvalue weighted by Crippen LogP contribution is -2.17. The summed E-state index contributed by atoms with van der Waals surface area (Å²) in [6.07, 6.45) is 1.89. The third-order valence-corrected chi connectivity index (χ3v) is 2.37. The summed E-state index contributed by atoms with van der Waals surface area (Å²) >= 11 is 5.83. The van der Waals surface area contributed by atoms with Crippen LogP contribution in [-0.4, -0.2) is 22.1 Å². The molecule has 5 heteroatoms. The first-order chi connectivity index (χ1) is 6.56. The van der Waals surface area contributed by atoms with E-state index in [4.69, 9.17) is 17.3 Å². The van der Waals surface area contributed by atoms with Gasteiger partial charge in [-0.25, -0.2) is 0 Å². The van der Waals surface area contributed by atoms with Crippen LogP contribution in [0.2, 0.25) is 5.02 Å². The molecule has 1 unspecified atom stereocenters. The highest BCUT2D eigenvalue weighted by Crippen LogP contribution is 2.17. The van der Waals surface area contributed by atoms with E-state index in [0.717, 1.165) is 0 Å². The van der Waals surface area contributed by atoms with Crippen LogP contribution in [0.4, 0.5) is 0 Å². The highest BCUT2D eigenvalue weighted by atomic mass is 35.5. The highest BCUT2D eigenvalue weighted by molar-refractivity contribution is 6.33. The maximum Gasteiger partial charge on any atom is 0.182 e. The van der Waals surface area contributed by atoms with Crippen molar-refractivity contribution in [3.8, 4) is 0 Å². The maximum atomic E-state index is 11.7. The Kier molecular flexibility index (Phi) is 3.66. The molecule has 1 rings (SSSR count). The molecule has 0 amide bonds. The predicted octanol–water partition coefficient (Wildman–Crippen LogP) is 1.24. The maximum absolute atomic E-state index is 11.7. The van der Waals surface area contributed by atoms with Crippen molar-refractivity contribution in [2.45, 2.75) is 13.3 Å². The Morgan fingerprint density at radius 1 is 1.79 bits per heavy atom. The van der Waals surface area contributed by atoms with E-state index in [2.05, 4.69) is 5.10 Å². The average Bonchev–Trinajstić information content (AvgIpc) is 2.46. The Balaban J connectivity index is 2.79. The monoisotopic (exact) mass is 215 g/mol. The predicted molar refractivity (Wildman–Crippen MR) is 55.4 cm³/mol. The second-order valence-electron chi connectivity index (χ2n) is 3.43. The number of carbonyl (C=O) groups excluding carboxylic acids is 1. The lowest BCUT2D eigenvalue weighted by atomic mass is 10.0. The second-order valence-corrected chi connectivity index (χ2v) is 3.84. The molecule has 14 heavy (non-hydrogen) atoms. The van der Waals surface area contributed by atoms with Crippen molar-refractivity contribution in [1.82, 2.24) is 9.78 Å². The molecule has 0 fully saturated rings. The van der Waals surface area contributed by atoms with Crippen molar-refractivity contribution >= 4 is 17.4 Å². The van der Waals surface area contributed by atoms with E-state index in [1.54, 1.807) is 7.05 Å². The van der Waals surface area contributed by atoms with Gasteiger partial charge in [-0.05, 0) is 12.5 Å². The number of aryl methyl sites for hydroxylation is 1. The summed E-state index contributed by atoms with van der Waals surface area (Å²) in [5.74, 6) is 0.168. The Hall–Kier alpha value is -0.870. The fourth-order valence-electron chi connectivity index (χ4n) is 1.22. The van der Waals surface area contributed by atoms with Gasteiger partial charge in [0.25, 0.3) is 0 Å². The van der Waals surface area contributed by atoms with Crippen molar-refractivity contribution in [3.63, 3.8) is 0 Å². The van der Waals surface area contributed by atoms with E-state index in [0.29, 0.717) is 23.7 Å². The van der Waals surface area contributed by atoms with Crippen molar-refractivity contribution < 1.29 is 4.79 Å². The van der Waals surface area contributed by atoms with Gasteiger partial charge in [0.1, 0.15) is 5.69 Å². The molecule has 1 atom stereocenters. The molecule has 0 saturated heterocycles. The molecule has 0 radical (unpaired) electrons. The molecule has 0 saturated carbocycles. The summed E-state index contributed by atoms with van der Waals surface area (Å²) in [7, 11) is 1.70. The number of hydrogen-bond donors (Lipinski definition) is 1. The van der Waals surface area contributed by atoms with Crippen molar-refractivity contribution in [3.05, 3.63) is 16.9 Å². The number of nitrogens with two attached hydrogens (primary N) is 1. The molecular formula is C9H14ClN3O. The van der Waals surface area contributed by atoms with Gasteiger partial charge in [0.15, 0.2) is 5.78 Å². The topological polar surface area (TPSA) is 60.9 Å². The van der Waals surface area contributed by atoms with Crippen LogP contribution in [0.3, 0.4) is 0 Å². The number of Topliss-reactive ketones (excluding diaryl/α,β-unsaturated/α-hetero) is 1. The van der Waals surface area contributed by atoms with Gasteiger partial charge < -0.3 is 5.73 Å². The summed E-state index contributed by atoms with van der Waals surface area (Å²) in [6.45, 7) is 2.43. The second kappa shape index (κ2) is 4.57. The van der Waals surface area contributed by atoms with Gasteiger partial charge in [-0.1, -0.05) is 18.5 Å². The van der Waals surface area contributed by atoms with Crippen LogP contribution in [0.1, 0.15) is 23.8 Å². The summed E-state index contributed by atoms with van der Waals surface area (Å²) in [5, 5.41) is 4.31. The molecule has 78 valence electrons. The van der Waals surface area contributed by atoms with E-state index >= 15 is 0 Å². The van der Waals surface area contributed by atoms with Crippen LogP contribution < -0.4 is 5.73 Å². The fourth-order valence-corrected chi connectivity index (χ4v) is 1.49. The van der Waals surface area contributed by atoms with E-state index < -0.39 is 0 Å². The smallest absolute Gasteiger partial charge is 0.182 e. The van der Waals surface area contributed by atoms with Crippen LogP contribution >= 0.6 is 11.6 Å². The Morgan fingerprint density at radius 2 is 2.43 bits per heavy atom. The Labute approximate surface area is 88.0 Å². The van der Waals surface area contributed by atoms with Crippen LogP contribution in [-0.2, 0) is 7.05 Å². The average molecular weight is 216 g/mol. The van der Waals surface area contributed by atoms with Crippen LogP contribution in [0.15, 0.2) is 6.20 Å². The zero-order valence-electron chi connectivity index (χ0n) is 8.33. The first-order valence-corrected chi connectivity index (χ1v) is 4.84. The standard InChI is InChI=1S/C9H14ClN3O/c1-6(4-11)3-8(14)9-7(10)5-12-13(9)2/h5-6H,3-4,11H2,1-2H3. The lowest BCUT2D eigenvalue weighted by Gasteiger charge is -2.07. The fraction of sp³-hybridized carbons (Fsp3) is 0.556. The number of rotatable bonds is 4. The van der Waals surface area contributed by atoms with Gasteiger partial charge in [-0.3, -0.25) is 9.48 Å². The molecular weight excluding hydrogens is 202 g/mol. The highest BCUT2D eigenvalue weighted by Gasteiger charge is 2.17. The van der Waals surface area contributed by atoms with Gasteiger partial charge >= 0.3 is 0 Å². The summed E-state index contributed by atoms with van der Waals surface area (Å²) in [4.78, 5) is 11.7. The molecule has 0 aliphatic heterocycles. The van der Waals surface area contributed by atoms with Crippen molar-refractivity contribution in [1.29, 1.82) is 0 Å². The third kappa shape index (κ3) is 2.33. The first kappa shape index (κ1) is 11.2. The van der Waals surface area contributed by atoms with Gasteiger partial charge in [-0.2, -0.15) is 5.10 Å². The molecule has 0 aliphatic carbocycles. The minimum atomic E-state index is -0.00653. The molecule has 2 N–H and O–H groups in total. The van der Waals surface area contributed by atoms with Crippen molar-refractivity contribution in [2.75, 3.05) is 6.54 Å². The van der Waals surface area contributed by atoms with Crippen LogP contribution in [0.25, 0.3) is 0 Å². The molecule has 1 aromatic rings. The lowest BCUT2D eigenvalue weighted by molar-refractivity contribution is 0.0957. The number of halogens is 1. The largest absolute Gasteiger partial charge is 0.330 e. The zero-order valence-corrected chi connectivity index (χ0v) is 9.08. The third-order valence-electron chi connectivity index (χ3n) is 2.09. The number of nitrogens with zero attached hydrogens (tertiary/aromatic N) is 2. The number of carbonyl (C=O) groups is 1. The van der Waals surface area contributed by atoms with Gasteiger partial charge in [-0.15, -0.1) is 0 Å². The van der Waals surface area contributed by atoms with E-state index in [-0.39, 0.29) is 11.7 Å². The summed E-state index contributed by atoms with van der Waals surface area (Å²) in [5.41, 5.74) is 5.91. The Bertz CT molecular complexity index is 315. The zero-order chi connectivity index (χ0) is 10.7. The normalized spacial score (nSPS) is 12.9. The SMILES string of the molecule is CC(CN)CC(=O)c1c(Cl)cnn1C. The molecule has 4 nitrogen and oxygen atoms in total. The molecule has 0 bridgehead atoms.